The molecule has 2 aliphatic rings. The van der Waals surface area contributed by atoms with Gasteiger partial charge in [0.05, 0.1) is 12.2 Å². The van der Waals surface area contributed by atoms with Crippen LogP contribution in [0.1, 0.15) is 35.4 Å². The van der Waals surface area contributed by atoms with Gasteiger partial charge in [-0.15, -0.1) is 0 Å². The molecule has 3 heterocycles. The minimum atomic E-state index is -1.05. The summed E-state index contributed by atoms with van der Waals surface area (Å²) in [5.41, 5.74) is 0.599. The number of hydrogen-bond acceptors (Lipinski definition) is 5. The molecule has 0 saturated carbocycles. The van der Waals surface area contributed by atoms with Crippen molar-refractivity contribution in [1.29, 1.82) is 0 Å². The maximum atomic E-state index is 11.3. The molecule has 0 radical (unpaired) electrons. The van der Waals surface area contributed by atoms with Crippen molar-refractivity contribution in [2.45, 2.75) is 37.9 Å². The molecule has 2 unspecified atom stereocenters. The normalized spacial score (nSPS) is 28.7. The monoisotopic (exact) mass is 309 g/mol. The molecular weight excluding hydrogens is 290 g/mol. The van der Waals surface area contributed by atoms with Crippen LogP contribution >= 0.6 is 11.8 Å². The average molecular weight is 309 g/mol. The van der Waals surface area contributed by atoms with E-state index in [0.717, 1.165) is 30.8 Å². The van der Waals surface area contributed by atoms with E-state index in [4.69, 9.17) is 9.47 Å². The molecule has 114 valence electrons. The van der Waals surface area contributed by atoms with E-state index in [2.05, 4.69) is 4.98 Å². The number of carbonyl (C=O) groups is 1. The van der Waals surface area contributed by atoms with Gasteiger partial charge in [-0.3, -0.25) is 0 Å². The van der Waals surface area contributed by atoms with Crippen LogP contribution in [0.25, 0.3) is 0 Å². The van der Waals surface area contributed by atoms with Crippen LogP contribution in [0.2, 0.25) is 0 Å². The quantitative estimate of drug-likeness (QED) is 0.925. The molecule has 2 aliphatic heterocycles. The summed E-state index contributed by atoms with van der Waals surface area (Å²) in [5, 5.41) is 9.25. The molecule has 2 saturated heterocycles. The molecule has 1 spiro atoms. The number of aryl methyl sites for hydroxylation is 1. The largest absolute Gasteiger partial charge is 0.488 e. The average Bonchev–Trinajstić information content (AvgIpc) is 2.88. The van der Waals surface area contributed by atoms with Crippen LogP contribution in [0.15, 0.2) is 12.1 Å². The molecule has 0 aliphatic carbocycles. The first-order chi connectivity index (χ1) is 10.1. The molecule has 3 rings (SSSR count). The Balaban J connectivity index is 1.75. The first-order valence-electron chi connectivity index (χ1n) is 7.17. The second-order valence-corrected chi connectivity index (χ2v) is 6.78. The highest BCUT2D eigenvalue weighted by Gasteiger charge is 2.41. The van der Waals surface area contributed by atoms with Crippen molar-refractivity contribution in [3.8, 4) is 5.75 Å². The van der Waals surface area contributed by atoms with Crippen molar-refractivity contribution >= 4 is 17.7 Å². The summed E-state index contributed by atoms with van der Waals surface area (Å²) in [4.78, 5) is 15.4. The van der Waals surface area contributed by atoms with E-state index >= 15 is 0 Å². The first-order valence-corrected chi connectivity index (χ1v) is 8.33. The molecule has 0 amide bonds. The van der Waals surface area contributed by atoms with Crippen LogP contribution in [0.3, 0.4) is 0 Å². The van der Waals surface area contributed by atoms with Gasteiger partial charge in [-0.05, 0) is 31.2 Å². The van der Waals surface area contributed by atoms with Crippen molar-refractivity contribution < 1.29 is 19.4 Å². The van der Waals surface area contributed by atoms with Crippen LogP contribution in [-0.2, 0) is 4.74 Å². The summed E-state index contributed by atoms with van der Waals surface area (Å²) in [5.74, 6) is 1.44. The number of aromatic carboxylic acids is 1. The molecular formula is C15H19NO4S. The van der Waals surface area contributed by atoms with Gasteiger partial charge in [0.15, 0.2) is 11.4 Å². The lowest BCUT2D eigenvalue weighted by Crippen LogP contribution is -2.44. The van der Waals surface area contributed by atoms with E-state index in [9.17, 15) is 9.90 Å². The Bertz CT molecular complexity index is 542. The maximum absolute atomic E-state index is 11.3. The number of carboxylic acids is 1. The second-order valence-electron chi connectivity index (χ2n) is 5.67. The van der Waals surface area contributed by atoms with Gasteiger partial charge < -0.3 is 14.6 Å². The Labute approximate surface area is 128 Å². The predicted octanol–water partition coefficient (Wildman–Crippen LogP) is 2.52. The van der Waals surface area contributed by atoms with Crippen molar-refractivity contribution in [2.24, 2.45) is 0 Å². The van der Waals surface area contributed by atoms with Crippen molar-refractivity contribution in [3.63, 3.8) is 0 Å². The van der Waals surface area contributed by atoms with E-state index in [1.807, 2.05) is 11.8 Å². The molecule has 0 aromatic carbocycles. The van der Waals surface area contributed by atoms with Crippen molar-refractivity contribution in [2.75, 3.05) is 18.1 Å². The predicted molar refractivity (Wildman–Crippen MR) is 80.2 cm³/mol. The minimum Gasteiger partial charge on any atom is -0.488 e. The Morgan fingerprint density at radius 1 is 1.57 bits per heavy atom. The van der Waals surface area contributed by atoms with Gasteiger partial charge in [0.25, 0.3) is 0 Å². The molecule has 21 heavy (non-hydrogen) atoms. The van der Waals surface area contributed by atoms with Crippen molar-refractivity contribution in [1.82, 2.24) is 4.98 Å². The zero-order valence-electron chi connectivity index (χ0n) is 12.0. The highest BCUT2D eigenvalue weighted by atomic mass is 32.2. The van der Waals surface area contributed by atoms with E-state index in [1.165, 1.54) is 0 Å². The fraction of sp³-hybridized carbons (Fsp3) is 0.600. The molecule has 0 bridgehead atoms. The Morgan fingerprint density at radius 3 is 3.14 bits per heavy atom. The van der Waals surface area contributed by atoms with Gasteiger partial charge in [0, 0.05) is 24.3 Å². The number of carboxylic acid groups (broad SMARTS) is 1. The number of pyridine rings is 1. The van der Waals surface area contributed by atoms with Gasteiger partial charge >= 0.3 is 5.97 Å². The number of aromatic nitrogens is 1. The van der Waals surface area contributed by atoms with Crippen LogP contribution in [-0.4, -0.2) is 45.9 Å². The lowest BCUT2D eigenvalue weighted by Gasteiger charge is -2.37. The molecule has 6 heteroatoms. The highest BCUT2D eigenvalue weighted by molar-refractivity contribution is 7.99. The molecule has 2 atom stereocenters. The summed E-state index contributed by atoms with van der Waals surface area (Å²) >= 11 is 1.91. The zero-order chi connectivity index (χ0) is 14.9. The lowest BCUT2D eigenvalue weighted by atomic mass is 9.91. The van der Waals surface area contributed by atoms with E-state index < -0.39 is 5.97 Å². The summed E-state index contributed by atoms with van der Waals surface area (Å²) in [6, 6.07) is 3.49. The van der Waals surface area contributed by atoms with E-state index in [0.29, 0.717) is 18.1 Å². The standard InChI is InChI=1S/C15H19NO4S/c1-10-2-3-12(13(16-10)14(17)18)20-11-4-6-19-15(8-11)5-7-21-9-15/h2-3,11H,4-9H2,1H3,(H,17,18). The Morgan fingerprint density at radius 2 is 2.43 bits per heavy atom. The molecule has 5 nitrogen and oxygen atoms in total. The Hall–Kier alpha value is -1.27. The maximum Gasteiger partial charge on any atom is 0.358 e. The molecule has 2 fully saturated rings. The first kappa shape index (κ1) is 14.7. The van der Waals surface area contributed by atoms with Gasteiger partial charge in [0.1, 0.15) is 6.10 Å². The fourth-order valence-corrected chi connectivity index (χ4v) is 4.30. The fourth-order valence-electron chi connectivity index (χ4n) is 2.92. The molecule has 1 N–H and O–H groups in total. The summed E-state index contributed by atoms with van der Waals surface area (Å²) in [6.45, 7) is 2.45. The lowest BCUT2D eigenvalue weighted by molar-refractivity contribution is -0.0960. The van der Waals surface area contributed by atoms with Crippen LogP contribution in [0, 0.1) is 6.92 Å². The van der Waals surface area contributed by atoms with E-state index in [1.54, 1.807) is 19.1 Å². The van der Waals surface area contributed by atoms with E-state index in [-0.39, 0.29) is 17.4 Å². The summed E-state index contributed by atoms with van der Waals surface area (Å²) < 4.78 is 11.9. The summed E-state index contributed by atoms with van der Waals surface area (Å²) in [6.07, 6.45) is 2.67. The SMILES string of the molecule is Cc1ccc(OC2CCOC3(CCSC3)C2)c(C(=O)O)n1. The number of nitrogens with zero attached hydrogens (tertiary/aromatic N) is 1. The van der Waals surface area contributed by atoms with Gasteiger partial charge in [0.2, 0.25) is 0 Å². The Kier molecular flexibility index (Phi) is 4.08. The highest BCUT2D eigenvalue weighted by Crippen LogP contribution is 2.39. The third-order valence-electron chi connectivity index (χ3n) is 4.01. The second kappa shape index (κ2) is 5.85. The topological polar surface area (TPSA) is 68.7 Å². The number of thioether (sulfide) groups is 1. The third kappa shape index (κ3) is 3.16. The van der Waals surface area contributed by atoms with Crippen molar-refractivity contribution in [3.05, 3.63) is 23.5 Å². The van der Waals surface area contributed by atoms with Crippen LogP contribution < -0.4 is 4.74 Å². The molecule has 1 aromatic heterocycles. The third-order valence-corrected chi connectivity index (χ3v) is 5.23. The number of rotatable bonds is 3. The molecule has 1 aromatic rings. The van der Waals surface area contributed by atoms with Gasteiger partial charge in [-0.25, -0.2) is 9.78 Å². The van der Waals surface area contributed by atoms with Gasteiger partial charge in [-0.2, -0.15) is 11.8 Å². The minimum absolute atomic E-state index is 0.0000520. The zero-order valence-corrected chi connectivity index (χ0v) is 12.8. The number of hydrogen-bond donors (Lipinski definition) is 1. The van der Waals surface area contributed by atoms with Crippen LogP contribution in [0.4, 0.5) is 0 Å². The number of ether oxygens (including phenoxy) is 2. The van der Waals surface area contributed by atoms with Gasteiger partial charge in [-0.1, -0.05) is 0 Å². The smallest absolute Gasteiger partial charge is 0.358 e. The summed E-state index contributed by atoms with van der Waals surface area (Å²) in [7, 11) is 0. The van der Waals surface area contributed by atoms with Crippen LogP contribution in [0.5, 0.6) is 5.75 Å².